The van der Waals surface area contributed by atoms with Gasteiger partial charge in [-0.2, -0.15) is 5.21 Å². The Labute approximate surface area is 159 Å². The monoisotopic (exact) mass is 372 g/mol. The van der Waals surface area contributed by atoms with Gasteiger partial charge in [0.25, 0.3) is 0 Å². The Morgan fingerprint density at radius 1 is 1.14 bits per heavy atom. The van der Waals surface area contributed by atoms with Gasteiger partial charge in [0.2, 0.25) is 5.82 Å². The third-order valence-corrected chi connectivity index (χ3v) is 4.71. The number of hydrogen-bond donors (Lipinski definition) is 2. The van der Waals surface area contributed by atoms with Gasteiger partial charge in [-0.25, -0.2) is 9.50 Å². The number of nitrogens with zero attached hydrogens (tertiary/aromatic N) is 6. The molecule has 9 heteroatoms. The number of hydrogen-bond acceptors (Lipinski definition) is 7. The van der Waals surface area contributed by atoms with E-state index in [1.807, 2.05) is 12.3 Å². The van der Waals surface area contributed by atoms with Gasteiger partial charge in [0.1, 0.15) is 11.3 Å². The first-order valence-electron chi connectivity index (χ1n) is 8.61. The lowest BCUT2D eigenvalue weighted by Crippen LogP contribution is -1.95. The maximum Gasteiger partial charge on any atom is 0.212 e. The third-order valence-electron chi connectivity index (χ3n) is 4.71. The Morgan fingerprint density at radius 3 is 2.82 bits per heavy atom. The zero-order valence-corrected chi connectivity index (χ0v) is 15.2. The number of ether oxygens (including phenoxy) is 1. The Kier molecular flexibility index (Phi) is 3.48. The summed E-state index contributed by atoms with van der Waals surface area (Å²) in [5, 5.41) is 20.6. The summed E-state index contributed by atoms with van der Waals surface area (Å²) in [4.78, 5) is 4.58. The van der Waals surface area contributed by atoms with Crippen LogP contribution in [0.3, 0.4) is 0 Å². The minimum absolute atomic E-state index is 0.284. The van der Waals surface area contributed by atoms with Crippen molar-refractivity contribution in [3.05, 3.63) is 48.3 Å². The average Bonchev–Trinajstić information content (AvgIpc) is 3.32. The Bertz CT molecular complexity index is 1320. The van der Waals surface area contributed by atoms with Crippen LogP contribution in [0.4, 0.5) is 5.82 Å². The number of nitrogens with two attached hydrogens (primary N) is 1. The first-order valence-corrected chi connectivity index (χ1v) is 8.61. The highest BCUT2D eigenvalue weighted by atomic mass is 16.5. The molecule has 3 aromatic heterocycles. The second kappa shape index (κ2) is 6.02. The predicted molar refractivity (Wildman–Crippen MR) is 105 cm³/mol. The number of tetrazole rings is 1. The van der Waals surface area contributed by atoms with Crippen LogP contribution in [-0.2, 0) is 0 Å². The molecular weight excluding hydrogens is 356 g/mol. The number of aromatic amines is 1. The first kappa shape index (κ1) is 16.2. The van der Waals surface area contributed by atoms with Crippen LogP contribution in [-0.4, -0.2) is 42.3 Å². The highest BCUT2D eigenvalue weighted by Gasteiger charge is 2.19. The van der Waals surface area contributed by atoms with E-state index in [0.29, 0.717) is 17.0 Å². The van der Waals surface area contributed by atoms with Gasteiger partial charge in [0, 0.05) is 23.5 Å². The predicted octanol–water partition coefficient (Wildman–Crippen LogP) is 2.63. The van der Waals surface area contributed by atoms with Crippen LogP contribution in [0.2, 0.25) is 0 Å². The summed E-state index contributed by atoms with van der Waals surface area (Å²) >= 11 is 0. The molecule has 0 spiro atoms. The molecule has 138 valence electrons. The van der Waals surface area contributed by atoms with Crippen molar-refractivity contribution in [2.75, 3.05) is 12.8 Å². The van der Waals surface area contributed by atoms with Crippen molar-refractivity contribution in [2.45, 2.75) is 6.92 Å². The van der Waals surface area contributed by atoms with E-state index in [1.165, 1.54) is 5.56 Å². The van der Waals surface area contributed by atoms with Crippen LogP contribution in [0.5, 0.6) is 5.75 Å². The second-order valence-electron chi connectivity index (χ2n) is 6.47. The number of anilines is 1. The number of aryl methyl sites for hydroxylation is 1. The topological polar surface area (TPSA) is 120 Å². The molecule has 3 heterocycles. The number of nitrogens with one attached hydrogen (secondary N) is 1. The molecule has 3 N–H and O–H groups in total. The van der Waals surface area contributed by atoms with Crippen LogP contribution in [0, 0.1) is 6.92 Å². The minimum atomic E-state index is 0.284. The van der Waals surface area contributed by atoms with Crippen LogP contribution < -0.4 is 10.5 Å². The van der Waals surface area contributed by atoms with Crippen molar-refractivity contribution in [3.8, 4) is 28.3 Å². The normalized spacial score (nSPS) is 11.4. The van der Waals surface area contributed by atoms with Gasteiger partial charge >= 0.3 is 0 Å². The lowest BCUT2D eigenvalue weighted by atomic mass is 9.98. The number of rotatable bonds is 3. The minimum Gasteiger partial charge on any atom is -0.496 e. The molecule has 0 fully saturated rings. The quantitative estimate of drug-likeness (QED) is 0.499. The molecule has 0 unspecified atom stereocenters. The highest BCUT2D eigenvalue weighted by Crippen LogP contribution is 2.37. The van der Waals surface area contributed by atoms with Crippen LogP contribution in [0.15, 0.2) is 42.7 Å². The van der Waals surface area contributed by atoms with E-state index in [9.17, 15) is 0 Å². The Balaban J connectivity index is 1.76. The Hall–Kier alpha value is -4.01. The van der Waals surface area contributed by atoms with Crippen LogP contribution in [0.25, 0.3) is 38.9 Å². The largest absolute Gasteiger partial charge is 0.496 e. The molecule has 0 saturated heterocycles. The fraction of sp³-hybridized carbons (Fsp3) is 0.105. The van der Waals surface area contributed by atoms with E-state index < -0.39 is 0 Å². The molecule has 28 heavy (non-hydrogen) atoms. The number of fused-ring (bicyclic) bond motifs is 2. The maximum absolute atomic E-state index is 6.08. The van der Waals surface area contributed by atoms with Crippen molar-refractivity contribution in [1.82, 2.24) is 35.2 Å². The number of H-pyrrole nitrogens is 1. The molecule has 0 bridgehead atoms. The van der Waals surface area contributed by atoms with Crippen molar-refractivity contribution in [2.24, 2.45) is 0 Å². The zero-order chi connectivity index (χ0) is 19.3. The zero-order valence-electron chi connectivity index (χ0n) is 15.2. The summed E-state index contributed by atoms with van der Waals surface area (Å²) in [5.74, 6) is 1.40. The standard InChI is InChI=1S/C19H16N8O/c1-10-3-5-13-11(7-10)4-6-14(28-2)15(13)12-8-21-19-16(18-22-25-26-23-18)17(20)24-27(19)9-12/h3-9H,1-2H3,(H2,20,24)(H,22,23,25,26). The Morgan fingerprint density at radius 2 is 2.04 bits per heavy atom. The molecule has 5 rings (SSSR count). The van der Waals surface area contributed by atoms with Gasteiger partial charge in [-0.1, -0.05) is 29.8 Å². The summed E-state index contributed by atoms with van der Waals surface area (Å²) in [6.07, 6.45) is 3.65. The molecule has 9 nitrogen and oxygen atoms in total. The molecule has 0 aliphatic carbocycles. The molecule has 0 aliphatic heterocycles. The summed E-state index contributed by atoms with van der Waals surface area (Å²) in [7, 11) is 1.66. The second-order valence-corrected chi connectivity index (χ2v) is 6.47. The van der Waals surface area contributed by atoms with Gasteiger partial charge in [-0.05, 0) is 29.0 Å². The molecule has 0 saturated carbocycles. The van der Waals surface area contributed by atoms with E-state index in [1.54, 1.807) is 17.8 Å². The van der Waals surface area contributed by atoms with E-state index in [2.05, 4.69) is 61.9 Å². The third kappa shape index (κ3) is 2.37. The van der Waals surface area contributed by atoms with Gasteiger partial charge in [0.15, 0.2) is 11.5 Å². The van der Waals surface area contributed by atoms with Crippen molar-refractivity contribution < 1.29 is 4.74 Å². The molecule has 2 aromatic carbocycles. The van der Waals surface area contributed by atoms with E-state index >= 15 is 0 Å². The summed E-state index contributed by atoms with van der Waals surface area (Å²) in [6.45, 7) is 2.07. The van der Waals surface area contributed by atoms with Gasteiger partial charge in [-0.3, -0.25) is 0 Å². The van der Waals surface area contributed by atoms with Gasteiger partial charge in [0.05, 0.1) is 7.11 Å². The van der Waals surface area contributed by atoms with Crippen molar-refractivity contribution >= 4 is 22.2 Å². The number of nitrogen functional groups attached to an aromatic ring is 1. The lowest BCUT2D eigenvalue weighted by Gasteiger charge is -2.13. The molecule has 0 radical (unpaired) electrons. The number of methoxy groups -OCH3 is 1. The first-order chi connectivity index (χ1) is 13.7. The van der Waals surface area contributed by atoms with E-state index in [-0.39, 0.29) is 5.82 Å². The molecular formula is C19H16N8O. The maximum atomic E-state index is 6.08. The fourth-order valence-electron chi connectivity index (χ4n) is 3.46. The van der Waals surface area contributed by atoms with Crippen LogP contribution >= 0.6 is 0 Å². The van der Waals surface area contributed by atoms with Gasteiger partial charge < -0.3 is 10.5 Å². The van der Waals surface area contributed by atoms with Gasteiger partial charge in [-0.15, -0.1) is 15.3 Å². The van der Waals surface area contributed by atoms with E-state index in [0.717, 1.165) is 27.6 Å². The molecule has 0 amide bonds. The van der Waals surface area contributed by atoms with E-state index in [4.69, 9.17) is 10.5 Å². The summed E-state index contributed by atoms with van der Waals surface area (Å²) in [5.41, 5.74) is 10.2. The highest BCUT2D eigenvalue weighted by molar-refractivity contribution is 6.00. The summed E-state index contributed by atoms with van der Waals surface area (Å²) < 4.78 is 7.25. The van der Waals surface area contributed by atoms with Crippen LogP contribution in [0.1, 0.15) is 5.56 Å². The molecule has 0 atom stereocenters. The lowest BCUT2D eigenvalue weighted by molar-refractivity contribution is 0.417. The fourth-order valence-corrected chi connectivity index (χ4v) is 3.46. The smallest absolute Gasteiger partial charge is 0.212 e. The summed E-state index contributed by atoms with van der Waals surface area (Å²) in [6, 6.07) is 10.3. The number of benzene rings is 2. The number of aromatic nitrogens is 7. The van der Waals surface area contributed by atoms with Crippen molar-refractivity contribution in [1.29, 1.82) is 0 Å². The SMILES string of the molecule is COc1ccc2cc(C)ccc2c1-c1cnc2c(-c3nn[nH]n3)c(N)nn2c1. The molecule has 5 aromatic rings. The van der Waals surface area contributed by atoms with Crippen molar-refractivity contribution in [3.63, 3.8) is 0 Å². The average molecular weight is 372 g/mol. The molecule has 0 aliphatic rings.